The third-order valence-electron chi connectivity index (χ3n) is 4.87. The van der Waals surface area contributed by atoms with E-state index in [4.69, 9.17) is 4.74 Å². The van der Waals surface area contributed by atoms with Crippen LogP contribution in [0.25, 0.3) is 6.08 Å². The van der Waals surface area contributed by atoms with Gasteiger partial charge < -0.3 is 4.74 Å². The van der Waals surface area contributed by atoms with E-state index in [9.17, 15) is 14.0 Å². The number of rotatable bonds is 4. The predicted octanol–water partition coefficient (Wildman–Crippen LogP) is 4.76. The van der Waals surface area contributed by atoms with Crippen LogP contribution in [0.5, 0.6) is 0 Å². The molecule has 0 saturated heterocycles. The number of amides is 1. The molecule has 0 radical (unpaired) electrons. The van der Waals surface area contributed by atoms with Crippen molar-refractivity contribution < 1.29 is 18.7 Å². The van der Waals surface area contributed by atoms with Crippen molar-refractivity contribution >= 4 is 29.5 Å². The van der Waals surface area contributed by atoms with E-state index in [0.717, 1.165) is 5.56 Å². The quantitative estimate of drug-likeness (QED) is 0.457. The van der Waals surface area contributed by atoms with Gasteiger partial charge >= 0.3 is 5.97 Å². The Morgan fingerprint density at radius 3 is 2.45 bits per heavy atom. The number of nitrogens with zero attached hydrogens (tertiary/aromatic N) is 2. The van der Waals surface area contributed by atoms with Crippen LogP contribution in [0.1, 0.15) is 27.0 Å². The van der Waals surface area contributed by atoms with E-state index < -0.39 is 11.8 Å². The molecule has 0 N–H and O–H groups in total. The molecule has 5 nitrogen and oxygen atoms in total. The third kappa shape index (κ3) is 4.00. The van der Waals surface area contributed by atoms with Crippen LogP contribution in [-0.4, -0.2) is 24.8 Å². The zero-order valence-corrected chi connectivity index (χ0v) is 17.0. The average Bonchev–Trinajstić information content (AvgIpc) is 3.09. The number of carbonyl (C=O) groups is 2. The summed E-state index contributed by atoms with van der Waals surface area (Å²) in [6.45, 7) is 1.92. The van der Waals surface area contributed by atoms with Crippen molar-refractivity contribution in [3.8, 4) is 0 Å². The number of hydrogen-bond donors (Lipinski definition) is 0. The van der Waals surface area contributed by atoms with Gasteiger partial charge in [-0.05, 0) is 60.5 Å². The van der Waals surface area contributed by atoms with Gasteiger partial charge in [-0.25, -0.2) is 14.2 Å². The molecule has 1 aliphatic heterocycles. The summed E-state index contributed by atoms with van der Waals surface area (Å²) < 4.78 is 19.3. The van der Waals surface area contributed by atoms with Crippen molar-refractivity contribution in [1.82, 2.24) is 0 Å². The van der Waals surface area contributed by atoms with Gasteiger partial charge in [0.1, 0.15) is 11.5 Å². The second-order valence-corrected chi connectivity index (χ2v) is 7.04. The second kappa shape index (κ2) is 8.36. The van der Waals surface area contributed by atoms with Crippen LogP contribution in [0.4, 0.5) is 10.1 Å². The van der Waals surface area contributed by atoms with Gasteiger partial charge in [-0.2, -0.15) is 0 Å². The van der Waals surface area contributed by atoms with Gasteiger partial charge in [0.25, 0.3) is 5.91 Å². The van der Waals surface area contributed by atoms with Gasteiger partial charge in [-0.1, -0.05) is 36.4 Å². The van der Waals surface area contributed by atoms with Gasteiger partial charge in [0.15, 0.2) is 5.84 Å². The molecule has 0 atom stereocenters. The first kappa shape index (κ1) is 20.2. The number of anilines is 1. The van der Waals surface area contributed by atoms with Crippen LogP contribution < -0.4 is 4.90 Å². The molecule has 0 aromatic heterocycles. The molecule has 3 aromatic rings. The summed E-state index contributed by atoms with van der Waals surface area (Å²) in [4.78, 5) is 30.8. The van der Waals surface area contributed by atoms with Crippen LogP contribution >= 0.6 is 0 Å². The van der Waals surface area contributed by atoms with Gasteiger partial charge in [0, 0.05) is 0 Å². The van der Waals surface area contributed by atoms with Gasteiger partial charge in [-0.15, -0.1) is 0 Å². The highest BCUT2D eigenvalue weighted by molar-refractivity contribution is 6.33. The maximum Gasteiger partial charge on any atom is 0.337 e. The largest absolute Gasteiger partial charge is 0.465 e. The van der Waals surface area contributed by atoms with E-state index in [1.807, 2.05) is 25.1 Å². The smallest absolute Gasteiger partial charge is 0.337 e. The number of aryl methyl sites for hydroxylation is 1. The Hall–Kier alpha value is -4.06. The first-order valence-corrected chi connectivity index (χ1v) is 9.63. The zero-order valence-electron chi connectivity index (χ0n) is 17.0. The summed E-state index contributed by atoms with van der Waals surface area (Å²) >= 11 is 0. The molecule has 1 amide bonds. The summed E-state index contributed by atoms with van der Waals surface area (Å²) in [5.74, 6) is -1.04. The fourth-order valence-corrected chi connectivity index (χ4v) is 3.34. The minimum atomic E-state index is -0.463. The van der Waals surface area contributed by atoms with Gasteiger partial charge in [0.05, 0.1) is 23.9 Å². The van der Waals surface area contributed by atoms with E-state index in [-0.39, 0.29) is 23.0 Å². The molecular weight excluding hydrogens is 395 g/mol. The molecular formula is C25H19FN2O3. The summed E-state index contributed by atoms with van der Waals surface area (Å²) in [5.41, 5.74) is 3.07. The maximum atomic E-state index is 14.6. The number of amidine groups is 1. The topological polar surface area (TPSA) is 59.0 Å². The molecule has 31 heavy (non-hydrogen) atoms. The maximum absolute atomic E-state index is 14.6. The molecule has 0 bridgehead atoms. The van der Waals surface area contributed by atoms with E-state index in [1.54, 1.807) is 54.6 Å². The predicted molar refractivity (Wildman–Crippen MR) is 117 cm³/mol. The zero-order chi connectivity index (χ0) is 22.0. The van der Waals surface area contributed by atoms with Crippen molar-refractivity contribution in [2.45, 2.75) is 6.92 Å². The molecule has 154 valence electrons. The fraction of sp³-hybridized carbons (Fsp3) is 0.0800. The first-order valence-electron chi connectivity index (χ1n) is 9.63. The Kier molecular flexibility index (Phi) is 5.45. The van der Waals surface area contributed by atoms with Crippen molar-refractivity contribution in [2.24, 2.45) is 4.99 Å². The average molecular weight is 414 g/mol. The summed E-state index contributed by atoms with van der Waals surface area (Å²) in [7, 11) is 1.31. The summed E-state index contributed by atoms with van der Waals surface area (Å²) in [5, 5.41) is 0. The SMILES string of the molecule is COC(=O)c1ccc(/C=C2/N=C(c3ccccc3F)N(c3cccc(C)c3)C2=O)cc1. The van der Waals surface area contributed by atoms with Crippen LogP contribution in [0.15, 0.2) is 83.5 Å². The molecule has 1 heterocycles. The Balaban J connectivity index is 1.79. The van der Waals surface area contributed by atoms with Crippen molar-refractivity contribution in [3.05, 3.63) is 107 Å². The minimum absolute atomic E-state index is 0.172. The molecule has 0 aliphatic carbocycles. The molecule has 4 rings (SSSR count). The Bertz CT molecular complexity index is 1230. The highest BCUT2D eigenvalue weighted by Gasteiger charge is 2.33. The van der Waals surface area contributed by atoms with Crippen molar-refractivity contribution in [3.63, 3.8) is 0 Å². The van der Waals surface area contributed by atoms with Crippen molar-refractivity contribution in [1.29, 1.82) is 0 Å². The number of hydrogen-bond acceptors (Lipinski definition) is 4. The third-order valence-corrected chi connectivity index (χ3v) is 4.87. The lowest BCUT2D eigenvalue weighted by Gasteiger charge is -2.19. The molecule has 0 fully saturated rings. The number of carbonyl (C=O) groups excluding carboxylic acids is 2. The lowest BCUT2D eigenvalue weighted by Crippen LogP contribution is -2.33. The van der Waals surface area contributed by atoms with Gasteiger partial charge in [0.2, 0.25) is 0 Å². The lowest BCUT2D eigenvalue weighted by molar-refractivity contribution is -0.113. The van der Waals surface area contributed by atoms with Crippen molar-refractivity contribution in [2.75, 3.05) is 12.0 Å². The Morgan fingerprint density at radius 2 is 1.77 bits per heavy atom. The van der Waals surface area contributed by atoms with Crippen LogP contribution in [0, 0.1) is 12.7 Å². The van der Waals surface area contributed by atoms with Crippen LogP contribution in [0.2, 0.25) is 0 Å². The molecule has 1 aliphatic rings. The normalized spacial score (nSPS) is 14.7. The van der Waals surface area contributed by atoms with E-state index in [0.29, 0.717) is 16.8 Å². The highest BCUT2D eigenvalue weighted by atomic mass is 19.1. The fourth-order valence-electron chi connectivity index (χ4n) is 3.34. The number of benzene rings is 3. The molecule has 0 spiro atoms. The van der Waals surface area contributed by atoms with E-state index >= 15 is 0 Å². The lowest BCUT2D eigenvalue weighted by atomic mass is 10.1. The van der Waals surface area contributed by atoms with Gasteiger partial charge in [-0.3, -0.25) is 9.69 Å². The second-order valence-electron chi connectivity index (χ2n) is 7.04. The monoisotopic (exact) mass is 414 g/mol. The van der Waals surface area contributed by atoms with Crippen LogP contribution in [-0.2, 0) is 9.53 Å². The van der Waals surface area contributed by atoms with E-state index in [2.05, 4.69) is 4.99 Å². The standard InChI is InChI=1S/C25H19FN2O3/c1-16-6-5-7-19(14-16)28-23(20-8-3-4-9-21(20)26)27-22(24(28)29)15-17-10-12-18(13-11-17)25(30)31-2/h3-15H,1-2H3/b22-15+. The molecule has 0 unspecified atom stereocenters. The van der Waals surface area contributed by atoms with E-state index in [1.165, 1.54) is 18.1 Å². The number of methoxy groups -OCH3 is 1. The van der Waals surface area contributed by atoms with Crippen LogP contribution in [0.3, 0.4) is 0 Å². The molecule has 0 saturated carbocycles. The number of ether oxygens (including phenoxy) is 1. The number of esters is 1. The minimum Gasteiger partial charge on any atom is -0.465 e. The summed E-state index contributed by atoms with van der Waals surface area (Å²) in [6.07, 6.45) is 1.61. The number of aliphatic imine (C=N–C) groups is 1. The first-order chi connectivity index (χ1) is 15.0. The Labute approximate surface area is 179 Å². The number of halogens is 1. The highest BCUT2D eigenvalue weighted by Crippen LogP contribution is 2.29. The molecule has 3 aromatic carbocycles. The molecule has 6 heteroatoms. The summed E-state index contributed by atoms with van der Waals surface area (Å²) in [6, 6.07) is 20.2. The Morgan fingerprint density at radius 1 is 1.03 bits per heavy atom.